The van der Waals surface area contributed by atoms with Crippen molar-refractivity contribution >= 4 is 27.3 Å². The van der Waals surface area contributed by atoms with E-state index in [4.69, 9.17) is 0 Å². The van der Waals surface area contributed by atoms with Crippen molar-refractivity contribution in [2.24, 2.45) is 0 Å². The number of piperidine rings is 1. The third kappa shape index (κ3) is 5.30. The summed E-state index contributed by atoms with van der Waals surface area (Å²) in [5.74, 6) is -0.122. The summed E-state index contributed by atoms with van der Waals surface area (Å²) in [6.45, 7) is 0.466. The second kappa shape index (κ2) is 8.06. The Morgan fingerprint density at radius 2 is 1.39 bits per heavy atom. The Morgan fingerprint density at radius 3 is 1.87 bits per heavy atom. The predicted octanol–water partition coefficient (Wildman–Crippen LogP) is 5.04. The second-order valence-corrected chi connectivity index (χ2v) is 8.58. The molecule has 0 radical (unpaired) electrons. The van der Waals surface area contributed by atoms with Gasteiger partial charge in [0.05, 0.1) is 21.7 Å². The van der Waals surface area contributed by atoms with Crippen molar-refractivity contribution in [2.75, 3.05) is 16.2 Å². The Bertz CT molecular complexity index is 1050. The van der Waals surface area contributed by atoms with Gasteiger partial charge in [-0.2, -0.15) is 26.3 Å². The summed E-state index contributed by atoms with van der Waals surface area (Å²) in [6, 6.07) is 5.43. The maximum Gasteiger partial charge on any atom is 0.416 e. The predicted molar refractivity (Wildman–Crippen MR) is 99.9 cm³/mol. The molecule has 0 saturated carbocycles. The van der Waals surface area contributed by atoms with Gasteiger partial charge in [-0.05, 0) is 55.3 Å². The number of alkyl halides is 6. The Balaban J connectivity index is 1.90. The molecule has 0 atom stereocenters. The van der Waals surface area contributed by atoms with Crippen molar-refractivity contribution in [1.82, 2.24) is 0 Å². The molecule has 2 aromatic carbocycles. The van der Waals surface area contributed by atoms with Crippen LogP contribution in [0.25, 0.3) is 0 Å². The number of anilines is 2. The molecular weight excluding hydrogens is 450 g/mol. The fraction of sp³-hybridized carbons (Fsp3) is 0.316. The van der Waals surface area contributed by atoms with Crippen molar-refractivity contribution in [2.45, 2.75) is 36.5 Å². The van der Waals surface area contributed by atoms with Crippen LogP contribution in [-0.4, -0.2) is 20.9 Å². The maximum absolute atomic E-state index is 13.0. The van der Waals surface area contributed by atoms with E-state index in [1.54, 1.807) is 4.72 Å². The van der Waals surface area contributed by atoms with Gasteiger partial charge < -0.3 is 4.90 Å². The van der Waals surface area contributed by atoms with Crippen molar-refractivity contribution in [1.29, 1.82) is 0 Å². The summed E-state index contributed by atoms with van der Waals surface area (Å²) in [5, 5.41) is 0. The zero-order valence-corrected chi connectivity index (χ0v) is 16.5. The number of hydrogen-bond donors (Lipinski definition) is 1. The summed E-state index contributed by atoms with van der Waals surface area (Å²) in [4.78, 5) is 13.1. The Kier molecular flexibility index (Phi) is 5.96. The smallest absolute Gasteiger partial charge is 0.312 e. The number of sulfonamides is 1. The molecule has 168 valence electrons. The Hall–Kier alpha value is -2.76. The fourth-order valence-corrected chi connectivity index (χ4v) is 4.15. The molecule has 0 aliphatic carbocycles. The van der Waals surface area contributed by atoms with Crippen LogP contribution >= 0.6 is 0 Å². The van der Waals surface area contributed by atoms with Crippen molar-refractivity contribution < 1.29 is 39.6 Å². The molecule has 1 fully saturated rings. The van der Waals surface area contributed by atoms with E-state index in [2.05, 4.69) is 0 Å². The average molecular weight is 466 g/mol. The van der Waals surface area contributed by atoms with Gasteiger partial charge in [0.1, 0.15) is 0 Å². The largest absolute Gasteiger partial charge is 0.416 e. The Morgan fingerprint density at radius 1 is 0.839 bits per heavy atom. The van der Waals surface area contributed by atoms with E-state index in [9.17, 15) is 39.6 Å². The molecule has 1 aliphatic heterocycles. The zero-order valence-electron chi connectivity index (χ0n) is 15.7. The van der Waals surface area contributed by atoms with E-state index in [-0.39, 0.29) is 29.0 Å². The third-order valence-corrected chi connectivity index (χ3v) is 6.02. The number of carbonyl (C=O) groups excluding carboxylic acids is 1. The van der Waals surface area contributed by atoms with E-state index in [1.807, 2.05) is 0 Å². The molecule has 0 spiro atoms. The minimum atomic E-state index is -5.11. The Labute approximate surface area is 173 Å². The van der Waals surface area contributed by atoms with Gasteiger partial charge in [-0.25, -0.2) is 8.42 Å². The highest BCUT2D eigenvalue weighted by Crippen LogP contribution is 2.38. The van der Waals surface area contributed by atoms with Crippen LogP contribution in [0, 0.1) is 0 Å². The first-order valence-electron chi connectivity index (χ1n) is 9.00. The molecule has 31 heavy (non-hydrogen) atoms. The lowest BCUT2D eigenvalue weighted by Crippen LogP contribution is -2.35. The molecule has 12 heteroatoms. The summed E-state index contributed by atoms with van der Waals surface area (Å²) >= 11 is 0. The van der Waals surface area contributed by atoms with Gasteiger partial charge in [-0.15, -0.1) is 0 Å². The molecule has 0 unspecified atom stereocenters. The first-order chi connectivity index (χ1) is 14.3. The van der Waals surface area contributed by atoms with Gasteiger partial charge in [0.2, 0.25) is 5.91 Å². The first kappa shape index (κ1) is 22.9. The summed E-state index contributed by atoms with van der Waals surface area (Å²) in [7, 11) is -4.49. The number of rotatable bonds is 4. The number of amides is 1. The number of hydrogen-bond acceptors (Lipinski definition) is 3. The number of halogens is 6. The molecule has 1 saturated heterocycles. The van der Waals surface area contributed by atoms with Crippen LogP contribution < -0.4 is 9.62 Å². The topological polar surface area (TPSA) is 66.5 Å². The van der Waals surface area contributed by atoms with Gasteiger partial charge in [0.25, 0.3) is 10.0 Å². The van der Waals surface area contributed by atoms with E-state index in [1.165, 1.54) is 17.0 Å². The van der Waals surface area contributed by atoms with Crippen LogP contribution in [0.2, 0.25) is 0 Å². The van der Waals surface area contributed by atoms with Crippen LogP contribution in [0.4, 0.5) is 37.7 Å². The number of benzene rings is 2. The highest BCUT2D eigenvalue weighted by atomic mass is 32.2. The summed E-state index contributed by atoms with van der Waals surface area (Å²) in [6.07, 6.45) is -8.32. The van der Waals surface area contributed by atoms with E-state index in [0.717, 1.165) is 25.0 Å². The standard InChI is InChI=1S/C19H16F6N2O3S/c20-18(21,22)12-9-13(19(23,24)25)11-14(10-12)26-31(29,30)16-6-4-15(5-7-16)27-8-2-1-3-17(27)28/h4-7,9-11,26H,1-3,8H2. The van der Waals surface area contributed by atoms with Gasteiger partial charge in [-0.1, -0.05) is 0 Å². The number of carbonyl (C=O) groups is 1. The van der Waals surface area contributed by atoms with E-state index in [0.29, 0.717) is 18.7 Å². The normalized spacial score (nSPS) is 15.8. The molecule has 1 heterocycles. The minimum Gasteiger partial charge on any atom is -0.312 e. The van der Waals surface area contributed by atoms with Gasteiger partial charge in [0, 0.05) is 18.7 Å². The van der Waals surface area contributed by atoms with Crippen LogP contribution in [-0.2, 0) is 27.2 Å². The molecule has 2 aromatic rings. The van der Waals surface area contributed by atoms with Crippen molar-refractivity contribution in [3.8, 4) is 0 Å². The molecule has 0 bridgehead atoms. The van der Waals surface area contributed by atoms with E-state index >= 15 is 0 Å². The first-order valence-corrected chi connectivity index (χ1v) is 10.5. The molecular formula is C19H16F6N2O3S. The highest BCUT2D eigenvalue weighted by Gasteiger charge is 2.37. The van der Waals surface area contributed by atoms with Gasteiger partial charge in [-0.3, -0.25) is 9.52 Å². The summed E-state index contributed by atoms with van der Waals surface area (Å²) in [5.41, 5.74) is -3.71. The lowest BCUT2D eigenvalue weighted by Gasteiger charge is -2.26. The fourth-order valence-electron chi connectivity index (χ4n) is 3.11. The van der Waals surface area contributed by atoms with Gasteiger partial charge >= 0.3 is 12.4 Å². The minimum absolute atomic E-state index is 0.0950. The molecule has 1 N–H and O–H groups in total. The molecule has 1 amide bonds. The lowest BCUT2D eigenvalue weighted by atomic mass is 10.1. The monoisotopic (exact) mass is 466 g/mol. The van der Waals surface area contributed by atoms with E-state index < -0.39 is 39.2 Å². The molecule has 5 nitrogen and oxygen atoms in total. The molecule has 3 rings (SSSR count). The van der Waals surface area contributed by atoms with Crippen molar-refractivity contribution in [3.05, 3.63) is 53.6 Å². The SMILES string of the molecule is O=C1CCCCN1c1ccc(S(=O)(=O)Nc2cc(C(F)(F)F)cc(C(F)(F)F)c2)cc1. The average Bonchev–Trinajstić information content (AvgIpc) is 2.66. The summed E-state index contributed by atoms with van der Waals surface area (Å²) < 4.78 is 105. The number of nitrogens with zero attached hydrogens (tertiary/aromatic N) is 1. The second-order valence-electron chi connectivity index (χ2n) is 6.90. The van der Waals surface area contributed by atoms with Crippen LogP contribution in [0.1, 0.15) is 30.4 Å². The van der Waals surface area contributed by atoms with Crippen LogP contribution in [0.3, 0.4) is 0 Å². The van der Waals surface area contributed by atoms with Crippen LogP contribution in [0.5, 0.6) is 0 Å². The third-order valence-electron chi connectivity index (χ3n) is 4.62. The van der Waals surface area contributed by atoms with Gasteiger partial charge in [0.15, 0.2) is 0 Å². The molecule has 1 aliphatic rings. The molecule has 0 aromatic heterocycles. The highest BCUT2D eigenvalue weighted by molar-refractivity contribution is 7.92. The lowest BCUT2D eigenvalue weighted by molar-refractivity contribution is -0.143. The number of nitrogens with one attached hydrogen (secondary N) is 1. The quantitative estimate of drug-likeness (QED) is 0.642. The van der Waals surface area contributed by atoms with Crippen molar-refractivity contribution in [3.63, 3.8) is 0 Å². The van der Waals surface area contributed by atoms with Crippen LogP contribution in [0.15, 0.2) is 47.4 Å². The zero-order chi connectivity index (χ0) is 23.0. The maximum atomic E-state index is 13.0.